The molecule has 3 aromatic carbocycles. The van der Waals surface area contributed by atoms with E-state index >= 15 is 0 Å². The van der Waals surface area contributed by atoms with Crippen molar-refractivity contribution in [2.75, 3.05) is 7.11 Å². The van der Waals surface area contributed by atoms with E-state index in [-0.39, 0.29) is 18.1 Å². The van der Waals surface area contributed by atoms with Crippen LogP contribution in [0.4, 0.5) is 4.39 Å². The third-order valence-corrected chi connectivity index (χ3v) is 6.09. The number of hydrogen-bond acceptors (Lipinski definition) is 6. The van der Waals surface area contributed by atoms with Crippen LogP contribution in [0.15, 0.2) is 70.2 Å². The SMILES string of the molecule is COc1cc(C=NNC(=O)C(NC(=O)c2ccccc2F)C(C)C)cc(Br)c1OCc1ccccc1C#N. The molecular formula is C28H26BrFN4O4. The average Bonchev–Trinajstić information content (AvgIpc) is 2.90. The largest absolute Gasteiger partial charge is 0.493 e. The van der Waals surface area contributed by atoms with Crippen molar-refractivity contribution >= 4 is 34.0 Å². The highest BCUT2D eigenvalue weighted by Crippen LogP contribution is 2.37. The standard InChI is InChI=1S/C28H26BrFN4O4/c1-17(2)25(33-27(35)21-10-6-7-11-23(21)30)28(36)34-32-15-18-12-22(29)26(24(13-18)37-3)38-16-20-9-5-4-8-19(20)14-31/h4-13,15,17,25H,16H2,1-3H3,(H,33,35)(H,34,36). The Bertz CT molecular complexity index is 1390. The lowest BCUT2D eigenvalue weighted by Crippen LogP contribution is -2.48. The fraction of sp³-hybridized carbons (Fsp3) is 0.214. The molecule has 0 aliphatic heterocycles. The van der Waals surface area contributed by atoms with Crippen LogP contribution in [0.5, 0.6) is 11.5 Å². The maximum absolute atomic E-state index is 14.0. The molecule has 0 saturated heterocycles. The molecule has 38 heavy (non-hydrogen) atoms. The van der Waals surface area contributed by atoms with Gasteiger partial charge in [0.2, 0.25) is 0 Å². The third-order valence-electron chi connectivity index (χ3n) is 5.50. The molecule has 0 heterocycles. The van der Waals surface area contributed by atoms with Crippen LogP contribution in [0.1, 0.15) is 40.9 Å². The molecule has 2 amide bonds. The van der Waals surface area contributed by atoms with Crippen LogP contribution >= 0.6 is 15.9 Å². The van der Waals surface area contributed by atoms with Gasteiger partial charge in [-0.2, -0.15) is 10.4 Å². The Morgan fingerprint density at radius 2 is 1.87 bits per heavy atom. The number of ether oxygens (including phenoxy) is 2. The molecule has 0 aromatic heterocycles. The van der Waals surface area contributed by atoms with Gasteiger partial charge in [0, 0.05) is 5.56 Å². The highest BCUT2D eigenvalue weighted by atomic mass is 79.9. The van der Waals surface area contributed by atoms with Gasteiger partial charge in [0.1, 0.15) is 18.5 Å². The topological polar surface area (TPSA) is 113 Å². The fourth-order valence-electron chi connectivity index (χ4n) is 3.50. The maximum Gasteiger partial charge on any atom is 0.262 e. The van der Waals surface area contributed by atoms with Crippen molar-refractivity contribution in [2.45, 2.75) is 26.5 Å². The zero-order chi connectivity index (χ0) is 27.7. The lowest BCUT2D eigenvalue weighted by Gasteiger charge is -2.20. The molecule has 3 aromatic rings. The number of halogens is 2. The van der Waals surface area contributed by atoms with Gasteiger partial charge in [-0.05, 0) is 57.7 Å². The number of hydrazone groups is 1. The summed E-state index contributed by atoms with van der Waals surface area (Å²) in [5, 5.41) is 15.8. The van der Waals surface area contributed by atoms with Crippen LogP contribution < -0.4 is 20.2 Å². The van der Waals surface area contributed by atoms with Crippen LogP contribution in [0.2, 0.25) is 0 Å². The first-order valence-corrected chi connectivity index (χ1v) is 12.4. The molecule has 0 aliphatic carbocycles. The van der Waals surface area contributed by atoms with E-state index in [1.165, 1.54) is 31.5 Å². The van der Waals surface area contributed by atoms with Crippen LogP contribution in [-0.4, -0.2) is 31.2 Å². The van der Waals surface area contributed by atoms with Gasteiger partial charge in [-0.15, -0.1) is 0 Å². The monoisotopic (exact) mass is 580 g/mol. The minimum atomic E-state index is -0.937. The number of carbonyl (C=O) groups excluding carboxylic acids is 2. The molecule has 0 spiro atoms. The van der Waals surface area contributed by atoms with E-state index in [1.54, 1.807) is 44.2 Å². The molecule has 3 rings (SSSR count). The third kappa shape index (κ3) is 7.17. The zero-order valence-corrected chi connectivity index (χ0v) is 22.6. The minimum Gasteiger partial charge on any atom is -0.493 e. The molecule has 1 atom stereocenters. The van der Waals surface area contributed by atoms with E-state index < -0.39 is 23.7 Å². The molecule has 0 aliphatic rings. The van der Waals surface area contributed by atoms with E-state index in [4.69, 9.17) is 9.47 Å². The first-order chi connectivity index (χ1) is 18.2. The van der Waals surface area contributed by atoms with Gasteiger partial charge in [0.25, 0.3) is 11.8 Å². The summed E-state index contributed by atoms with van der Waals surface area (Å²) >= 11 is 3.47. The molecule has 2 N–H and O–H groups in total. The molecule has 8 nitrogen and oxygen atoms in total. The van der Waals surface area contributed by atoms with Gasteiger partial charge >= 0.3 is 0 Å². The number of nitrogens with one attached hydrogen (secondary N) is 2. The van der Waals surface area contributed by atoms with Crippen molar-refractivity contribution in [3.8, 4) is 17.6 Å². The van der Waals surface area contributed by atoms with E-state index in [0.717, 1.165) is 5.56 Å². The first kappa shape index (κ1) is 28.3. The lowest BCUT2D eigenvalue weighted by molar-refractivity contribution is -0.123. The van der Waals surface area contributed by atoms with Crippen LogP contribution in [0.25, 0.3) is 0 Å². The van der Waals surface area contributed by atoms with Crippen molar-refractivity contribution in [3.05, 3.63) is 93.2 Å². The Kier molecular flexibility index (Phi) is 9.96. The van der Waals surface area contributed by atoms with Gasteiger partial charge in [0.05, 0.1) is 35.0 Å². The van der Waals surface area contributed by atoms with Crippen LogP contribution in [0.3, 0.4) is 0 Å². The Morgan fingerprint density at radius 1 is 1.16 bits per heavy atom. The second kappa shape index (κ2) is 13.4. The molecule has 196 valence electrons. The Labute approximate surface area is 228 Å². The van der Waals surface area contributed by atoms with Crippen molar-refractivity contribution in [1.82, 2.24) is 10.7 Å². The number of hydrogen-bond donors (Lipinski definition) is 2. The van der Waals surface area contributed by atoms with Gasteiger partial charge in [0.15, 0.2) is 11.5 Å². The van der Waals surface area contributed by atoms with Crippen molar-refractivity contribution in [1.29, 1.82) is 5.26 Å². The lowest BCUT2D eigenvalue weighted by atomic mass is 10.0. The zero-order valence-electron chi connectivity index (χ0n) is 21.0. The number of carbonyl (C=O) groups is 2. The summed E-state index contributed by atoms with van der Waals surface area (Å²) in [5.74, 6) is -1.34. The predicted molar refractivity (Wildman–Crippen MR) is 144 cm³/mol. The van der Waals surface area contributed by atoms with E-state index in [2.05, 4.69) is 37.8 Å². The first-order valence-electron chi connectivity index (χ1n) is 11.6. The fourth-order valence-corrected chi connectivity index (χ4v) is 4.07. The average molecular weight is 581 g/mol. The molecule has 1 unspecified atom stereocenters. The summed E-state index contributed by atoms with van der Waals surface area (Å²) in [6, 6.07) is 17.3. The molecule has 0 fully saturated rings. The number of methoxy groups -OCH3 is 1. The Morgan fingerprint density at radius 3 is 2.55 bits per heavy atom. The van der Waals surface area contributed by atoms with E-state index in [9.17, 15) is 19.2 Å². The number of nitrogens with zero attached hydrogens (tertiary/aromatic N) is 2. The van der Waals surface area contributed by atoms with Crippen molar-refractivity contribution < 1.29 is 23.5 Å². The number of rotatable bonds is 10. The summed E-state index contributed by atoms with van der Waals surface area (Å²) in [4.78, 5) is 25.2. The number of nitriles is 1. The smallest absolute Gasteiger partial charge is 0.262 e. The van der Waals surface area contributed by atoms with Gasteiger partial charge in [-0.25, -0.2) is 9.82 Å². The Hall–Kier alpha value is -4.23. The molecule has 0 bridgehead atoms. The summed E-state index contributed by atoms with van der Waals surface area (Å²) in [6.45, 7) is 3.67. The van der Waals surface area contributed by atoms with Crippen molar-refractivity contribution in [2.24, 2.45) is 11.0 Å². The molecule has 0 saturated carbocycles. The summed E-state index contributed by atoms with van der Waals surface area (Å²) in [6.07, 6.45) is 1.41. The minimum absolute atomic E-state index is 0.148. The van der Waals surface area contributed by atoms with E-state index in [1.807, 2.05) is 12.1 Å². The van der Waals surface area contributed by atoms with Gasteiger partial charge in [-0.3, -0.25) is 9.59 Å². The summed E-state index contributed by atoms with van der Waals surface area (Å²) in [5.41, 5.74) is 4.12. The maximum atomic E-state index is 14.0. The van der Waals surface area contributed by atoms with Crippen LogP contribution in [0, 0.1) is 23.1 Å². The van der Waals surface area contributed by atoms with Crippen LogP contribution in [-0.2, 0) is 11.4 Å². The predicted octanol–water partition coefficient (Wildman–Crippen LogP) is 4.95. The summed E-state index contributed by atoms with van der Waals surface area (Å²) in [7, 11) is 1.49. The number of benzene rings is 3. The molecule has 0 radical (unpaired) electrons. The van der Waals surface area contributed by atoms with Crippen molar-refractivity contribution in [3.63, 3.8) is 0 Å². The Balaban J connectivity index is 1.68. The summed E-state index contributed by atoms with van der Waals surface area (Å²) < 4.78 is 25.9. The highest BCUT2D eigenvalue weighted by molar-refractivity contribution is 9.10. The van der Waals surface area contributed by atoms with Gasteiger partial charge < -0.3 is 14.8 Å². The molecule has 10 heteroatoms. The number of amides is 2. The van der Waals surface area contributed by atoms with Gasteiger partial charge in [-0.1, -0.05) is 44.2 Å². The normalized spacial score (nSPS) is 11.6. The quantitative estimate of drug-likeness (QED) is 0.260. The highest BCUT2D eigenvalue weighted by Gasteiger charge is 2.25. The second-order valence-electron chi connectivity index (χ2n) is 8.50. The molecular weight excluding hydrogens is 555 g/mol. The van der Waals surface area contributed by atoms with E-state index in [0.29, 0.717) is 27.1 Å². The second-order valence-corrected chi connectivity index (χ2v) is 9.36.